The maximum atomic E-state index is 2.47. The Kier molecular flexibility index (Phi) is 2.74. The first-order valence-electron chi connectivity index (χ1n) is 4.56. The first-order valence-corrected chi connectivity index (χ1v) is 7.09. The van der Waals surface area contributed by atoms with Gasteiger partial charge in [0.15, 0.2) is 0 Å². The van der Waals surface area contributed by atoms with E-state index in [2.05, 4.69) is 43.9 Å². The van der Waals surface area contributed by atoms with Crippen molar-refractivity contribution in [1.29, 1.82) is 0 Å². The molecule has 0 amide bonds. The monoisotopic (exact) mass is 224 g/mol. The summed E-state index contributed by atoms with van der Waals surface area (Å²) in [6, 6.07) is 0. The van der Waals surface area contributed by atoms with Crippen LogP contribution in [0.2, 0.25) is 0 Å². The van der Waals surface area contributed by atoms with Crippen molar-refractivity contribution in [3.8, 4) is 0 Å². The van der Waals surface area contributed by atoms with Crippen LogP contribution in [0.15, 0.2) is 33.8 Å². The molecule has 1 aliphatic heterocycles. The molecule has 0 bridgehead atoms. The van der Waals surface area contributed by atoms with Crippen molar-refractivity contribution >= 4 is 14.0 Å². The Hall–Kier alpha value is 0.104. The van der Waals surface area contributed by atoms with Crippen molar-refractivity contribution in [3.63, 3.8) is 0 Å². The Morgan fingerprint density at radius 1 is 1.54 bits per heavy atom. The van der Waals surface area contributed by atoms with Crippen LogP contribution in [0.3, 0.4) is 0 Å². The molecule has 2 rings (SSSR count). The van der Waals surface area contributed by atoms with Crippen LogP contribution in [0.1, 0.15) is 20.3 Å². The fourth-order valence-electron chi connectivity index (χ4n) is 1.69. The zero-order chi connectivity index (χ0) is 9.31. The Morgan fingerprint density at radius 2 is 2.38 bits per heavy atom. The van der Waals surface area contributed by atoms with Gasteiger partial charge in [-0.25, -0.2) is 0 Å². The van der Waals surface area contributed by atoms with E-state index in [0.29, 0.717) is 3.46 Å². The fourth-order valence-corrected chi connectivity index (χ4v) is 5.88. The molecule has 1 aliphatic carbocycles. The van der Waals surface area contributed by atoms with Gasteiger partial charge < -0.3 is 0 Å². The van der Waals surface area contributed by atoms with Crippen LogP contribution in [0.5, 0.6) is 0 Å². The molecule has 13 heavy (non-hydrogen) atoms. The molecule has 0 saturated carbocycles. The first kappa shape index (κ1) is 9.65. The fraction of sp³-hybridized carbons (Fsp3) is 0.364. The molecule has 0 N–H and O–H groups in total. The molecule has 2 aliphatic rings. The van der Waals surface area contributed by atoms with Crippen molar-refractivity contribution < 1.29 is 19.2 Å². The summed E-state index contributed by atoms with van der Waals surface area (Å²) >= 11 is 0.0449. The van der Waals surface area contributed by atoms with E-state index in [4.69, 9.17) is 0 Å². The molecule has 0 nitrogen and oxygen atoms in total. The van der Waals surface area contributed by atoms with Crippen molar-refractivity contribution in [3.05, 3.63) is 33.8 Å². The van der Waals surface area contributed by atoms with Crippen LogP contribution in [-0.2, 0) is 19.2 Å². The number of rotatable bonds is 2. The molecular weight excluding hydrogens is 211 g/mol. The van der Waals surface area contributed by atoms with Gasteiger partial charge in [0.05, 0.1) is 0 Å². The van der Waals surface area contributed by atoms with Crippen molar-refractivity contribution in [2.24, 2.45) is 0 Å². The third kappa shape index (κ3) is 2.32. The maximum absolute atomic E-state index is 2.47. The Morgan fingerprint density at radius 3 is 2.92 bits per heavy atom. The second-order valence-corrected chi connectivity index (χ2v) is 8.86. The van der Waals surface area contributed by atoms with Gasteiger partial charge in [-0.3, -0.25) is 0 Å². The summed E-state index contributed by atoms with van der Waals surface area (Å²) in [6.07, 6.45) is 10.5. The molecule has 0 radical (unpaired) electrons. The van der Waals surface area contributed by atoms with Crippen LogP contribution < -0.4 is 0 Å². The first-order chi connectivity index (χ1) is 6.18. The Labute approximate surface area is 90.5 Å². The number of allylic oxidation sites excluding steroid dienone is 6. The topological polar surface area (TPSA) is 0 Å². The molecule has 0 fully saturated rings. The van der Waals surface area contributed by atoms with E-state index in [-0.39, 0.29) is 19.2 Å². The second kappa shape index (κ2) is 3.69. The van der Waals surface area contributed by atoms with Crippen LogP contribution in [0.4, 0.5) is 0 Å². The molecule has 1 atom stereocenters. The minimum atomic E-state index is 0.0449. The predicted molar refractivity (Wildman–Crippen MR) is 57.0 cm³/mol. The minimum absolute atomic E-state index is 0.0449. The summed E-state index contributed by atoms with van der Waals surface area (Å²) in [5.74, 6) is 2.35. The molecule has 0 spiro atoms. The van der Waals surface area contributed by atoms with Gasteiger partial charge in [-0.15, -0.1) is 0 Å². The van der Waals surface area contributed by atoms with E-state index in [1.165, 1.54) is 20.2 Å². The quantitative estimate of drug-likeness (QED) is 0.498. The van der Waals surface area contributed by atoms with E-state index < -0.39 is 0 Å². The zero-order valence-corrected chi connectivity index (χ0v) is 10.5. The molecule has 0 aromatic carbocycles. The number of hydrogen-bond donors (Lipinski definition) is 0. The van der Waals surface area contributed by atoms with Gasteiger partial charge in [-0.2, -0.15) is 0 Å². The summed E-state index contributed by atoms with van der Waals surface area (Å²) in [6.45, 7) is 4.62. The second-order valence-electron chi connectivity index (χ2n) is 3.74. The third-order valence-electron chi connectivity index (χ3n) is 2.23. The summed E-state index contributed by atoms with van der Waals surface area (Å²) in [7, 11) is 1.52. The average Bonchev–Trinajstić information content (AvgIpc) is 2.62. The average molecular weight is 224 g/mol. The molecule has 66 valence electrons. The normalized spacial score (nSPS) is 31.8. The van der Waals surface area contributed by atoms with E-state index in [0.717, 1.165) is 0 Å². The van der Waals surface area contributed by atoms with E-state index >= 15 is 0 Å². The van der Waals surface area contributed by atoms with Crippen molar-refractivity contribution in [2.45, 2.75) is 23.7 Å². The van der Waals surface area contributed by atoms with Crippen molar-refractivity contribution in [2.75, 3.05) is 0 Å². The molecule has 1 heterocycles. The van der Waals surface area contributed by atoms with E-state index in [9.17, 15) is 0 Å². The molecule has 1 unspecified atom stereocenters. The van der Waals surface area contributed by atoms with Gasteiger partial charge in [-0.1, -0.05) is 0 Å². The Bertz CT molecular complexity index is 336. The van der Waals surface area contributed by atoms with Crippen LogP contribution in [0.25, 0.3) is 0 Å². The third-order valence-corrected chi connectivity index (χ3v) is 6.59. The summed E-state index contributed by atoms with van der Waals surface area (Å²) < 4.78 is 2.21. The van der Waals surface area contributed by atoms with Gasteiger partial charge >= 0.3 is 90.6 Å². The molecule has 2 heteroatoms. The standard InChI is InChI=1S/C6H8P.C5H5.Ti/c1-5-3-6(2)7-4-5;1-2-4-5-3-1;/h3-4H,1-2H3;1-3H,4H2;. The van der Waals surface area contributed by atoms with Gasteiger partial charge in [-0.05, 0) is 0 Å². The van der Waals surface area contributed by atoms with Gasteiger partial charge in [0.2, 0.25) is 0 Å². The molecular formula is C11H13PTi. The molecule has 0 saturated heterocycles. The van der Waals surface area contributed by atoms with E-state index in [1.54, 1.807) is 3.88 Å². The Balaban J connectivity index is 2.06. The van der Waals surface area contributed by atoms with Crippen molar-refractivity contribution in [1.82, 2.24) is 0 Å². The van der Waals surface area contributed by atoms with E-state index in [1.807, 2.05) is 0 Å². The SMILES string of the molecule is CC1=C[C](C)([Ti][C]2=CC=CC2)P=C1. The molecule has 0 aromatic rings. The van der Waals surface area contributed by atoms with Gasteiger partial charge in [0, 0.05) is 0 Å². The van der Waals surface area contributed by atoms with Gasteiger partial charge in [0.25, 0.3) is 0 Å². The summed E-state index contributed by atoms with van der Waals surface area (Å²) in [4.78, 5) is 0. The summed E-state index contributed by atoms with van der Waals surface area (Å²) in [5, 5.41) is 0. The van der Waals surface area contributed by atoms with Crippen LogP contribution >= 0.6 is 8.20 Å². The van der Waals surface area contributed by atoms with Crippen LogP contribution in [-0.4, -0.2) is 9.26 Å². The van der Waals surface area contributed by atoms with Gasteiger partial charge in [0.1, 0.15) is 0 Å². The predicted octanol–water partition coefficient (Wildman–Crippen LogP) is 3.34. The van der Waals surface area contributed by atoms with Crippen LogP contribution in [0, 0.1) is 0 Å². The molecule has 0 aromatic heterocycles. The summed E-state index contributed by atoms with van der Waals surface area (Å²) in [5.41, 5.74) is 1.47. The zero-order valence-electron chi connectivity index (χ0n) is 8.04. The number of hydrogen-bond acceptors (Lipinski definition) is 0.